The zero-order valence-electron chi connectivity index (χ0n) is 16.0. The third kappa shape index (κ3) is 3.44. The van der Waals surface area contributed by atoms with Crippen LogP contribution in [0.25, 0.3) is 5.52 Å². The summed E-state index contributed by atoms with van der Waals surface area (Å²) in [5.41, 5.74) is 0.417. The van der Waals surface area contributed by atoms with Crippen molar-refractivity contribution in [2.45, 2.75) is 39.0 Å². The Balaban J connectivity index is 1.56. The fraction of sp³-hybridized carbons (Fsp3) is 0.429. The van der Waals surface area contributed by atoms with E-state index in [2.05, 4.69) is 18.8 Å². The van der Waals surface area contributed by atoms with E-state index in [1.165, 1.54) is 23.8 Å². The third-order valence-corrected chi connectivity index (χ3v) is 5.19. The number of rotatable bonds is 6. The first kappa shape index (κ1) is 17.6. The first-order valence-corrected chi connectivity index (χ1v) is 9.50. The molecule has 3 aromatic rings. The summed E-state index contributed by atoms with van der Waals surface area (Å²) in [6.45, 7) is 4.88. The number of ether oxygens (including phenoxy) is 2. The normalized spacial score (nSPS) is 14.5. The molecule has 1 aliphatic rings. The molecule has 0 saturated heterocycles. The van der Waals surface area contributed by atoms with Gasteiger partial charge in [-0.25, -0.2) is 4.98 Å². The van der Waals surface area contributed by atoms with Gasteiger partial charge in [-0.3, -0.25) is 13.8 Å². The molecule has 0 unspecified atom stereocenters. The minimum absolute atomic E-state index is 0.132. The van der Waals surface area contributed by atoms with E-state index < -0.39 is 0 Å². The quantitative estimate of drug-likeness (QED) is 0.657. The number of hydrogen-bond acceptors (Lipinski definition) is 4. The lowest BCUT2D eigenvalue weighted by molar-refractivity contribution is 0.180. The van der Waals surface area contributed by atoms with E-state index in [1.807, 2.05) is 34.9 Å². The molecular weight excluding hydrogens is 342 g/mol. The zero-order valence-corrected chi connectivity index (χ0v) is 16.0. The van der Waals surface area contributed by atoms with Crippen LogP contribution in [0.5, 0.6) is 17.4 Å². The predicted octanol–water partition coefficient (Wildman–Crippen LogP) is 4.13. The van der Waals surface area contributed by atoms with Crippen LogP contribution in [0.1, 0.15) is 44.9 Å². The molecule has 1 aliphatic carbocycles. The molecule has 0 bridgehead atoms. The molecule has 142 valence electrons. The molecule has 0 atom stereocenters. The first-order chi connectivity index (χ1) is 13.0. The number of imidazole rings is 1. The maximum absolute atomic E-state index is 12.6. The molecular formula is C21H25N3O3. The number of nitrogens with zero attached hydrogens (tertiary/aromatic N) is 3. The van der Waals surface area contributed by atoms with Crippen LogP contribution >= 0.6 is 0 Å². The van der Waals surface area contributed by atoms with Gasteiger partial charge in [0, 0.05) is 13.0 Å². The SMILES string of the molecule is CC(C)c1ncc2c(=O)n(C)c(Oc3ccc(OCC4CCC4)cc3)cn12. The van der Waals surface area contributed by atoms with Crippen molar-refractivity contribution < 1.29 is 9.47 Å². The molecule has 0 aliphatic heterocycles. The fourth-order valence-corrected chi connectivity index (χ4v) is 3.26. The Morgan fingerprint density at radius 2 is 1.89 bits per heavy atom. The number of hydrogen-bond donors (Lipinski definition) is 0. The standard InChI is InChI=1S/C21H25N3O3/c1-14(2)20-22-11-18-21(25)23(3)19(12-24(18)20)27-17-9-7-16(8-10-17)26-13-15-5-4-6-15/h7-12,14-15H,4-6,13H2,1-3H3. The summed E-state index contributed by atoms with van der Waals surface area (Å²) in [4.78, 5) is 17.0. The Kier molecular flexibility index (Phi) is 4.64. The van der Waals surface area contributed by atoms with Gasteiger partial charge in [-0.15, -0.1) is 0 Å². The lowest BCUT2D eigenvalue weighted by atomic mass is 9.86. The predicted molar refractivity (Wildman–Crippen MR) is 104 cm³/mol. The highest BCUT2D eigenvalue weighted by Crippen LogP contribution is 2.28. The van der Waals surface area contributed by atoms with Crippen LogP contribution in [0.15, 0.2) is 41.5 Å². The summed E-state index contributed by atoms with van der Waals surface area (Å²) in [5.74, 6) is 3.72. The second-order valence-electron chi connectivity index (χ2n) is 7.54. The Labute approximate surface area is 158 Å². The molecule has 0 radical (unpaired) electrons. The molecule has 1 saturated carbocycles. The summed E-state index contributed by atoms with van der Waals surface area (Å²) in [5, 5.41) is 0. The summed E-state index contributed by atoms with van der Waals surface area (Å²) >= 11 is 0. The van der Waals surface area contributed by atoms with E-state index in [0.717, 1.165) is 18.2 Å². The molecule has 2 heterocycles. The van der Waals surface area contributed by atoms with E-state index in [-0.39, 0.29) is 11.5 Å². The Hall–Kier alpha value is -2.76. The third-order valence-electron chi connectivity index (χ3n) is 5.19. The minimum Gasteiger partial charge on any atom is -0.493 e. The lowest BCUT2D eigenvalue weighted by Crippen LogP contribution is -2.20. The summed E-state index contributed by atoms with van der Waals surface area (Å²) in [6, 6.07) is 7.53. The van der Waals surface area contributed by atoms with Crippen LogP contribution in [0.3, 0.4) is 0 Å². The van der Waals surface area contributed by atoms with Crippen LogP contribution in [-0.4, -0.2) is 20.6 Å². The molecule has 4 rings (SSSR count). The average Bonchev–Trinajstić information content (AvgIpc) is 3.03. The Bertz CT molecular complexity index is 998. The second kappa shape index (κ2) is 7.10. The number of benzene rings is 1. The van der Waals surface area contributed by atoms with Gasteiger partial charge in [0.15, 0.2) is 0 Å². The lowest BCUT2D eigenvalue weighted by Gasteiger charge is -2.25. The van der Waals surface area contributed by atoms with E-state index in [9.17, 15) is 4.79 Å². The molecule has 2 aromatic heterocycles. The maximum atomic E-state index is 12.6. The average molecular weight is 367 g/mol. The summed E-state index contributed by atoms with van der Waals surface area (Å²) in [7, 11) is 1.70. The molecule has 6 heteroatoms. The molecule has 1 fully saturated rings. The van der Waals surface area contributed by atoms with E-state index in [1.54, 1.807) is 13.2 Å². The van der Waals surface area contributed by atoms with Gasteiger partial charge in [0.1, 0.15) is 22.8 Å². The first-order valence-electron chi connectivity index (χ1n) is 9.50. The van der Waals surface area contributed by atoms with Crippen LogP contribution < -0.4 is 15.0 Å². The largest absolute Gasteiger partial charge is 0.493 e. The van der Waals surface area contributed by atoms with Gasteiger partial charge in [-0.1, -0.05) is 20.3 Å². The van der Waals surface area contributed by atoms with Crippen molar-refractivity contribution in [2.75, 3.05) is 6.61 Å². The second-order valence-corrected chi connectivity index (χ2v) is 7.54. The van der Waals surface area contributed by atoms with Crippen LogP contribution in [0.4, 0.5) is 0 Å². The van der Waals surface area contributed by atoms with E-state index in [0.29, 0.717) is 23.1 Å². The summed E-state index contributed by atoms with van der Waals surface area (Å²) in [6.07, 6.45) is 7.30. The summed E-state index contributed by atoms with van der Waals surface area (Å²) < 4.78 is 15.1. The van der Waals surface area contributed by atoms with Gasteiger partial charge in [0.05, 0.1) is 19.0 Å². The monoisotopic (exact) mass is 367 g/mol. The van der Waals surface area contributed by atoms with Gasteiger partial charge >= 0.3 is 0 Å². The highest BCUT2D eigenvalue weighted by molar-refractivity contribution is 5.46. The Morgan fingerprint density at radius 3 is 2.52 bits per heavy atom. The van der Waals surface area contributed by atoms with Crippen molar-refractivity contribution in [2.24, 2.45) is 13.0 Å². The van der Waals surface area contributed by atoms with Gasteiger partial charge < -0.3 is 9.47 Å². The topological polar surface area (TPSA) is 57.8 Å². The smallest absolute Gasteiger partial charge is 0.279 e. The van der Waals surface area contributed by atoms with Crippen molar-refractivity contribution in [1.82, 2.24) is 14.0 Å². The van der Waals surface area contributed by atoms with Crippen molar-refractivity contribution in [3.8, 4) is 17.4 Å². The molecule has 6 nitrogen and oxygen atoms in total. The zero-order chi connectivity index (χ0) is 19.0. The molecule has 0 amide bonds. The number of fused-ring (bicyclic) bond motifs is 1. The van der Waals surface area contributed by atoms with Gasteiger partial charge in [-0.05, 0) is 43.0 Å². The van der Waals surface area contributed by atoms with Crippen molar-refractivity contribution in [3.05, 3.63) is 52.8 Å². The van der Waals surface area contributed by atoms with Gasteiger partial charge in [-0.2, -0.15) is 0 Å². The Morgan fingerprint density at radius 1 is 1.19 bits per heavy atom. The fourth-order valence-electron chi connectivity index (χ4n) is 3.26. The van der Waals surface area contributed by atoms with E-state index >= 15 is 0 Å². The van der Waals surface area contributed by atoms with Crippen LogP contribution in [0.2, 0.25) is 0 Å². The molecule has 1 aromatic carbocycles. The highest BCUT2D eigenvalue weighted by Gasteiger charge is 2.18. The number of aromatic nitrogens is 3. The molecule has 27 heavy (non-hydrogen) atoms. The minimum atomic E-state index is -0.132. The molecule has 0 N–H and O–H groups in total. The van der Waals surface area contributed by atoms with Crippen molar-refractivity contribution in [3.63, 3.8) is 0 Å². The van der Waals surface area contributed by atoms with Crippen molar-refractivity contribution in [1.29, 1.82) is 0 Å². The van der Waals surface area contributed by atoms with Crippen molar-refractivity contribution >= 4 is 5.52 Å². The van der Waals surface area contributed by atoms with Crippen LogP contribution in [-0.2, 0) is 7.05 Å². The maximum Gasteiger partial charge on any atom is 0.279 e. The molecule has 0 spiro atoms. The van der Waals surface area contributed by atoms with Gasteiger partial charge in [0.25, 0.3) is 5.56 Å². The highest BCUT2D eigenvalue weighted by atomic mass is 16.5. The van der Waals surface area contributed by atoms with Crippen LogP contribution in [0, 0.1) is 5.92 Å². The van der Waals surface area contributed by atoms with Gasteiger partial charge in [0.2, 0.25) is 5.88 Å². The van der Waals surface area contributed by atoms with E-state index in [4.69, 9.17) is 9.47 Å².